The van der Waals surface area contributed by atoms with Gasteiger partial charge in [0.25, 0.3) is 0 Å². The zero-order valence-corrected chi connectivity index (χ0v) is 16.9. The maximum Gasteiger partial charge on any atom is 0.238 e. The molecule has 2 aromatic rings. The molecule has 3 rings (SSSR count). The number of para-hydroxylation sites is 1. The lowest BCUT2D eigenvalue weighted by molar-refractivity contribution is -0.123. The monoisotopic (exact) mass is 424 g/mol. The highest BCUT2D eigenvalue weighted by molar-refractivity contribution is 8.00. The molecule has 2 amide bonds. The first kappa shape index (κ1) is 20.6. The molecule has 1 saturated heterocycles. The fourth-order valence-electron chi connectivity index (χ4n) is 2.77. The minimum Gasteiger partial charge on any atom is -0.325 e. The lowest BCUT2D eigenvalue weighted by atomic mass is 9.95. The second kappa shape index (κ2) is 8.09. The van der Waals surface area contributed by atoms with Crippen LogP contribution in [0, 0.1) is 17.0 Å². The van der Waals surface area contributed by atoms with Crippen molar-refractivity contribution in [1.29, 1.82) is 0 Å². The molecule has 1 atom stereocenters. The Bertz CT molecular complexity index is 923. The number of halogens is 3. The fourth-order valence-corrected chi connectivity index (χ4v) is 4.10. The summed E-state index contributed by atoms with van der Waals surface area (Å²) in [5.41, 5.74) is 0.394. The Hall–Kier alpha value is -2.12. The highest BCUT2D eigenvalue weighted by atomic mass is 35.5. The molecule has 2 aromatic carbocycles. The van der Waals surface area contributed by atoms with Crippen molar-refractivity contribution in [3.63, 3.8) is 0 Å². The molecule has 0 aromatic heterocycles. The number of hydrogen-bond acceptors (Lipinski definition) is 3. The van der Waals surface area contributed by atoms with Crippen LogP contribution in [-0.4, -0.2) is 23.4 Å². The van der Waals surface area contributed by atoms with Gasteiger partial charge in [0.1, 0.15) is 17.0 Å². The van der Waals surface area contributed by atoms with Gasteiger partial charge in [-0.05, 0) is 32.0 Å². The van der Waals surface area contributed by atoms with Gasteiger partial charge in [0, 0.05) is 23.2 Å². The Labute approximate surface area is 171 Å². The summed E-state index contributed by atoms with van der Waals surface area (Å²) in [6.45, 7) is 3.46. The van der Waals surface area contributed by atoms with Crippen LogP contribution in [-0.2, 0) is 9.59 Å². The summed E-state index contributed by atoms with van der Waals surface area (Å²) in [4.78, 5) is 26.3. The molecule has 28 heavy (non-hydrogen) atoms. The molecule has 1 heterocycles. The van der Waals surface area contributed by atoms with E-state index in [4.69, 9.17) is 11.6 Å². The second-order valence-corrected chi connectivity index (χ2v) is 8.42. The van der Waals surface area contributed by atoms with Crippen LogP contribution in [0.2, 0.25) is 0 Å². The number of benzene rings is 2. The number of amides is 2. The fraction of sp³-hybridized carbons (Fsp3) is 0.300. The standard InChI is InChI=1S/C20H19ClF2N2O2S/c1-20(2,11-21)19(27)24-15-6-4-3-5-13(15)18-25(17(26)10-28-18)16-8-7-12(22)9-14(16)23/h3-9,18H,10-11H2,1-2H3,(H,24,27). The van der Waals surface area contributed by atoms with Gasteiger partial charge in [-0.15, -0.1) is 23.4 Å². The van der Waals surface area contributed by atoms with E-state index in [2.05, 4.69) is 5.32 Å². The normalized spacial score (nSPS) is 17.1. The van der Waals surface area contributed by atoms with Crippen LogP contribution in [0.4, 0.5) is 20.2 Å². The van der Waals surface area contributed by atoms with Crippen molar-refractivity contribution in [2.24, 2.45) is 5.41 Å². The van der Waals surface area contributed by atoms with E-state index in [0.717, 1.165) is 12.1 Å². The molecule has 148 valence electrons. The number of carbonyl (C=O) groups is 2. The number of rotatable bonds is 5. The van der Waals surface area contributed by atoms with E-state index < -0.39 is 22.4 Å². The first-order valence-corrected chi connectivity index (χ1v) is 10.2. The maximum absolute atomic E-state index is 14.3. The average molecular weight is 425 g/mol. The van der Waals surface area contributed by atoms with Crippen LogP contribution in [0.1, 0.15) is 24.8 Å². The summed E-state index contributed by atoms with van der Waals surface area (Å²) >= 11 is 7.20. The van der Waals surface area contributed by atoms with E-state index in [-0.39, 0.29) is 29.1 Å². The third-order valence-corrected chi connectivity index (χ3v) is 6.32. The van der Waals surface area contributed by atoms with Gasteiger partial charge >= 0.3 is 0 Å². The van der Waals surface area contributed by atoms with Crippen molar-refractivity contribution in [2.45, 2.75) is 19.2 Å². The van der Waals surface area contributed by atoms with E-state index in [1.807, 2.05) is 0 Å². The van der Waals surface area contributed by atoms with Crippen LogP contribution in [0.15, 0.2) is 42.5 Å². The smallest absolute Gasteiger partial charge is 0.238 e. The molecule has 0 radical (unpaired) electrons. The first-order chi connectivity index (χ1) is 13.2. The number of hydrogen-bond donors (Lipinski definition) is 1. The van der Waals surface area contributed by atoms with Gasteiger partial charge in [-0.2, -0.15) is 0 Å². The van der Waals surface area contributed by atoms with Gasteiger partial charge in [-0.1, -0.05) is 18.2 Å². The minimum absolute atomic E-state index is 0.00335. The quantitative estimate of drug-likeness (QED) is 0.691. The zero-order valence-electron chi connectivity index (χ0n) is 15.3. The lowest BCUT2D eigenvalue weighted by Gasteiger charge is -2.27. The number of alkyl halides is 1. The summed E-state index contributed by atoms with van der Waals surface area (Å²) in [5, 5.41) is 2.31. The SMILES string of the molecule is CC(C)(CCl)C(=O)Nc1ccccc1C1SCC(=O)N1c1ccc(F)cc1F. The van der Waals surface area contributed by atoms with Crippen molar-refractivity contribution in [3.05, 3.63) is 59.7 Å². The van der Waals surface area contributed by atoms with Crippen LogP contribution < -0.4 is 10.2 Å². The summed E-state index contributed by atoms with van der Waals surface area (Å²) in [7, 11) is 0. The van der Waals surface area contributed by atoms with Crippen molar-refractivity contribution < 1.29 is 18.4 Å². The number of nitrogens with one attached hydrogen (secondary N) is 1. The molecule has 1 aliphatic rings. The molecule has 8 heteroatoms. The Morgan fingerprint density at radius 2 is 2.00 bits per heavy atom. The summed E-state index contributed by atoms with van der Waals surface area (Å²) in [6.07, 6.45) is 0. The molecular formula is C20H19ClF2N2O2S. The van der Waals surface area contributed by atoms with Gasteiger partial charge < -0.3 is 5.32 Å². The Morgan fingerprint density at radius 1 is 1.29 bits per heavy atom. The largest absolute Gasteiger partial charge is 0.325 e. The van der Waals surface area contributed by atoms with E-state index in [1.165, 1.54) is 22.7 Å². The van der Waals surface area contributed by atoms with E-state index in [1.54, 1.807) is 38.1 Å². The summed E-state index contributed by atoms with van der Waals surface area (Å²) < 4.78 is 27.6. The predicted molar refractivity (Wildman–Crippen MR) is 109 cm³/mol. The summed E-state index contributed by atoms with van der Waals surface area (Å²) in [6, 6.07) is 10.1. The third kappa shape index (κ3) is 4.00. The average Bonchev–Trinajstić information content (AvgIpc) is 3.03. The highest BCUT2D eigenvalue weighted by Gasteiger charge is 2.37. The van der Waals surface area contributed by atoms with Crippen molar-refractivity contribution in [3.8, 4) is 0 Å². The third-order valence-electron chi connectivity index (χ3n) is 4.46. The highest BCUT2D eigenvalue weighted by Crippen LogP contribution is 2.45. The molecule has 0 spiro atoms. The van der Waals surface area contributed by atoms with Crippen molar-refractivity contribution >= 4 is 46.6 Å². The van der Waals surface area contributed by atoms with Gasteiger partial charge in [-0.3, -0.25) is 14.5 Å². The molecule has 0 bridgehead atoms. The molecule has 1 aliphatic heterocycles. The van der Waals surface area contributed by atoms with Gasteiger partial charge in [0.05, 0.1) is 16.9 Å². The minimum atomic E-state index is -0.814. The van der Waals surface area contributed by atoms with Gasteiger partial charge in [0.2, 0.25) is 11.8 Å². The van der Waals surface area contributed by atoms with Crippen LogP contribution in [0.5, 0.6) is 0 Å². The van der Waals surface area contributed by atoms with Gasteiger partial charge in [0.15, 0.2) is 0 Å². The van der Waals surface area contributed by atoms with Gasteiger partial charge in [-0.25, -0.2) is 8.78 Å². The van der Waals surface area contributed by atoms with E-state index >= 15 is 0 Å². The molecule has 0 saturated carbocycles. The second-order valence-electron chi connectivity index (χ2n) is 7.08. The van der Waals surface area contributed by atoms with Crippen molar-refractivity contribution in [2.75, 3.05) is 21.8 Å². The van der Waals surface area contributed by atoms with E-state index in [0.29, 0.717) is 11.3 Å². The number of thioether (sulfide) groups is 1. The van der Waals surface area contributed by atoms with Crippen LogP contribution >= 0.6 is 23.4 Å². The molecule has 4 nitrogen and oxygen atoms in total. The van der Waals surface area contributed by atoms with Crippen molar-refractivity contribution in [1.82, 2.24) is 0 Å². The molecule has 1 fully saturated rings. The Balaban J connectivity index is 1.98. The Morgan fingerprint density at radius 3 is 2.68 bits per heavy atom. The number of nitrogens with zero attached hydrogens (tertiary/aromatic N) is 1. The molecule has 1 unspecified atom stereocenters. The van der Waals surface area contributed by atoms with E-state index in [9.17, 15) is 18.4 Å². The molecule has 0 aliphatic carbocycles. The topological polar surface area (TPSA) is 49.4 Å². The van der Waals surface area contributed by atoms with Crippen LogP contribution in [0.25, 0.3) is 0 Å². The number of carbonyl (C=O) groups excluding carboxylic acids is 2. The van der Waals surface area contributed by atoms with Crippen LogP contribution in [0.3, 0.4) is 0 Å². The summed E-state index contributed by atoms with van der Waals surface area (Å²) in [5.74, 6) is -1.79. The first-order valence-electron chi connectivity index (χ1n) is 8.59. The zero-order chi connectivity index (χ0) is 20.5. The lowest BCUT2D eigenvalue weighted by Crippen LogP contribution is -2.33. The maximum atomic E-state index is 14.3. The Kier molecular flexibility index (Phi) is 5.95. The molecule has 1 N–H and O–H groups in total. The predicted octanol–water partition coefficient (Wildman–Crippen LogP) is 4.95. The number of anilines is 2. The molecular weight excluding hydrogens is 406 g/mol.